The Kier molecular flexibility index (Phi) is 6.94. The first-order chi connectivity index (χ1) is 9.07. The molecule has 0 spiro atoms. The van der Waals surface area contributed by atoms with E-state index >= 15 is 0 Å². The molecule has 2 heterocycles. The van der Waals surface area contributed by atoms with Crippen molar-refractivity contribution in [1.29, 1.82) is 0 Å². The maximum absolute atomic E-state index is 12.6. The van der Waals surface area contributed by atoms with Crippen molar-refractivity contribution in [2.24, 2.45) is 0 Å². The van der Waals surface area contributed by atoms with Crippen molar-refractivity contribution in [1.82, 2.24) is 10.2 Å². The lowest BCUT2D eigenvalue weighted by Gasteiger charge is -2.37. The summed E-state index contributed by atoms with van der Waals surface area (Å²) in [6.07, 6.45) is 1.47. The number of likely N-dealkylation sites (N-methyl/N-ethyl adjacent to an activating group) is 1. The molecule has 7 heteroatoms. The van der Waals surface area contributed by atoms with Crippen LogP contribution in [-0.2, 0) is 16.1 Å². The van der Waals surface area contributed by atoms with Gasteiger partial charge >= 0.3 is 0 Å². The maximum atomic E-state index is 12.6. The second kappa shape index (κ2) is 7.75. The fourth-order valence-corrected chi connectivity index (χ4v) is 3.93. The van der Waals surface area contributed by atoms with Gasteiger partial charge in [0.2, 0.25) is 0 Å². The van der Waals surface area contributed by atoms with Crippen LogP contribution in [0.2, 0.25) is 0 Å². The Bertz CT molecular complexity index is 449. The summed E-state index contributed by atoms with van der Waals surface area (Å²) in [5, 5.41) is 5.30. The van der Waals surface area contributed by atoms with Crippen LogP contribution < -0.4 is 5.32 Å². The van der Waals surface area contributed by atoms with E-state index in [2.05, 4.69) is 27.3 Å². The third-order valence-corrected chi connectivity index (χ3v) is 5.24. The highest BCUT2D eigenvalue weighted by Gasteiger charge is 2.41. The highest BCUT2D eigenvalue weighted by atomic mass is 79.9. The Morgan fingerprint density at radius 1 is 1.55 bits per heavy atom. The molecule has 1 N–H and O–H groups in total. The highest BCUT2D eigenvalue weighted by Crippen LogP contribution is 2.27. The lowest BCUT2D eigenvalue weighted by molar-refractivity contribution is -0.157. The number of nitrogens with zero attached hydrogens (tertiary/aromatic N) is 1. The minimum Gasteiger partial charge on any atom is -0.368 e. The van der Waals surface area contributed by atoms with Crippen LogP contribution in [-0.4, -0.2) is 43.7 Å². The summed E-state index contributed by atoms with van der Waals surface area (Å²) in [5.74, 6) is 0.0843. The van der Waals surface area contributed by atoms with Gasteiger partial charge in [0.25, 0.3) is 5.91 Å². The SMILES string of the molecule is COC1(C(=O)N(C)Cc2cc(Br)cs2)CCNCC1.Cl. The van der Waals surface area contributed by atoms with Crippen LogP contribution in [0.5, 0.6) is 0 Å². The van der Waals surface area contributed by atoms with E-state index in [9.17, 15) is 4.79 Å². The largest absolute Gasteiger partial charge is 0.368 e. The molecule has 1 amide bonds. The molecule has 1 fully saturated rings. The van der Waals surface area contributed by atoms with Crippen molar-refractivity contribution in [2.75, 3.05) is 27.2 Å². The molecular formula is C13H20BrClN2O2S. The number of nitrogens with one attached hydrogen (secondary N) is 1. The molecule has 1 aliphatic heterocycles. The Balaban J connectivity index is 0.00000200. The van der Waals surface area contributed by atoms with Gasteiger partial charge in [-0.25, -0.2) is 0 Å². The van der Waals surface area contributed by atoms with E-state index in [4.69, 9.17) is 4.74 Å². The lowest BCUT2D eigenvalue weighted by atomic mass is 9.90. The minimum atomic E-state index is -0.644. The molecule has 0 bridgehead atoms. The molecule has 0 aromatic carbocycles. The number of rotatable bonds is 4. The van der Waals surface area contributed by atoms with Gasteiger partial charge in [0.05, 0.1) is 6.54 Å². The van der Waals surface area contributed by atoms with Crippen LogP contribution >= 0.6 is 39.7 Å². The van der Waals surface area contributed by atoms with Gasteiger partial charge in [-0.05, 0) is 47.9 Å². The predicted octanol–water partition coefficient (Wildman–Crippen LogP) is 2.66. The standard InChI is InChI=1S/C13H19BrN2O2S.ClH/c1-16(8-11-7-10(14)9-19-11)12(17)13(18-2)3-5-15-6-4-13;/h7,9,15H,3-6,8H2,1-2H3;1H. The van der Waals surface area contributed by atoms with Gasteiger partial charge < -0.3 is 15.0 Å². The normalized spacial score (nSPS) is 17.4. The van der Waals surface area contributed by atoms with E-state index in [1.165, 1.54) is 4.88 Å². The summed E-state index contributed by atoms with van der Waals surface area (Å²) in [6.45, 7) is 2.30. The summed E-state index contributed by atoms with van der Waals surface area (Å²) in [5.41, 5.74) is -0.644. The number of halogens is 2. The lowest BCUT2D eigenvalue weighted by Crippen LogP contribution is -2.54. The molecule has 20 heavy (non-hydrogen) atoms. The van der Waals surface area contributed by atoms with E-state index in [1.54, 1.807) is 23.3 Å². The number of amides is 1. The van der Waals surface area contributed by atoms with Crippen molar-refractivity contribution in [3.05, 3.63) is 20.8 Å². The number of ether oxygens (including phenoxy) is 1. The Morgan fingerprint density at radius 2 is 2.20 bits per heavy atom. The molecule has 4 nitrogen and oxygen atoms in total. The Labute approximate surface area is 138 Å². The first-order valence-corrected chi connectivity index (χ1v) is 7.99. The summed E-state index contributed by atoms with van der Waals surface area (Å²) in [7, 11) is 3.48. The maximum Gasteiger partial charge on any atom is 0.254 e. The van der Waals surface area contributed by atoms with Crippen molar-refractivity contribution in [3.8, 4) is 0 Å². The molecule has 0 saturated carbocycles. The highest BCUT2D eigenvalue weighted by molar-refractivity contribution is 9.10. The van der Waals surface area contributed by atoms with Gasteiger partial charge in [0.15, 0.2) is 0 Å². The van der Waals surface area contributed by atoms with Gasteiger partial charge in [0.1, 0.15) is 5.60 Å². The molecule has 1 aromatic rings. The van der Waals surface area contributed by atoms with Gasteiger partial charge in [-0.2, -0.15) is 0 Å². The third-order valence-electron chi connectivity index (χ3n) is 3.55. The topological polar surface area (TPSA) is 41.6 Å². The van der Waals surface area contributed by atoms with E-state index in [0.29, 0.717) is 6.54 Å². The van der Waals surface area contributed by atoms with Crippen LogP contribution in [0.25, 0.3) is 0 Å². The first-order valence-electron chi connectivity index (χ1n) is 6.32. The van der Waals surface area contributed by atoms with Crippen LogP contribution in [0.4, 0.5) is 0 Å². The van der Waals surface area contributed by atoms with E-state index < -0.39 is 5.60 Å². The predicted molar refractivity (Wildman–Crippen MR) is 87.6 cm³/mol. The van der Waals surface area contributed by atoms with Crippen molar-refractivity contribution in [3.63, 3.8) is 0 Å². The summed E-state index contributed by atoms with van der Waals surface area (Å²) in [6, 6.07) is 2.05. The van der Waals surface area contributed by atoms with Crippen LogP contribution in [0.1, 0.15) is 17.7 Å². The molecule has 0 unspecified atom stereocenters. The Hall–Kier alpha value is -0.140. The summed E-state index contributed by atoms with van der Waals surface area (Å²) in [4.78, 5) is 15.6. The zero-order valence-electron chi connectivity index (χ0n) is 11.6. The van der Waals surface area contributed by atoms with Crippen molar-refractivity contribution >= 4 is 45.6 Å². The number of carbonyl (C=O) groups excluding carboxylic acids is 1. The molecule has 1 saturated heterocycles. The minimum absolute atomic E-state index is 0. The monoisotopic (exact) mass is 382 g/mol. The van der Waals surface area contributed by atoms with E-state index in [1.807, 2.05) is 12.4 Å². The summed E-state index contributed by atoms with van der Waals surface area (Å²) >= 11 is 5.09. The number of carbonyl (C=O) groups is 1. The molecule has 2 rings (SSSR count). The number of hydrogen-bond acceptors (Lipinski definition) is 4. The Morgan fingerprint density at radius 3 is 2.70 bits per heavy atom. The van der Waals surface area contributed by atoms with Gasteiger partial charge in [-0.3, -0.25) is 4.79 Å². The molecule has 0 atom stereocenters. The number of thiophene rings is 1. The van der Waals surface area contributed by atoms with E-state index in [0.717, 1.165) is 30.4 Å². The zero-order chi connectivity index (χ0) is 13.9. The number of hydrogen-bond donors (Lipinski definition) is 1. The molecule has 1 aliphatic rings. The average Bonchev–Trinajstić information content (AvgIpc) is 2.84. The fraction of sp³-hybridized carbons (Fsp3) is 0.615. The van der Waals surface area contributed by atoms with E-state index in [-0.39, 0.29) is 18.3 Å². The summed E-state index contributed by atoms with van der Waals surface area (Å²) < 4.78 is 6.63. The first kappa shape index (κ1) is 17.9. The van der Waals surface area contributed by atoms with Crippen molar-refractivity contribution < 1.29 is 9.53 Å². The zero-order valence-corrected chi connectivity index (χ0v) is 14.9. The average molecular weight is 384 g/mol. The molecular weight excluding hydrogens is 364 g/mol. The molecule has 1 aromatic heterocycles. The van der Waals surface area contributed by atoms with Gasteiger partial charge in [-0.15, -0.1) is 23.7 Å². The van der Waals surface area contributed by atoms with Crippen LogP contribution in [0.3, 0.4) is 0 Å². The second-order valence-electron chi connectivity index (χ2n) is 4.84. The third kappa shape index (κ3) is 3.95. The smallest absolute Gasteiger partial charge is 0.254 e. The molecule has 0 radical (unpaired) electrons. The molecule has 114 valence electrons. The number of methoxy groups -OCH3 is 1. The van der Waals surface area contributed by atoms with Crippen LogP contribution in [0, 0.1) is 0 Å². The van der Waals surface area contributed by atoms with Crippen molar-refractivity contribution in [2.45, 2.75) is 25.0 Å². The van der Waals surface area contributed by atoms with Gasteiger partial charge in [-0.1, -0.05) is 0 Å². The second-order valence-corrected chi connectivity index (χ2v) is 6.75. The molecule has 0 aliphatic carbocycles. The fourth-order valence-electron chi connectivity index (χ4n) is 2.43. The van der Waals surface area contributed by atoms with Crippen LogP contribution in [0.15, 0.2) is 15.9 Å². The van der Waals surface area contributed by atoms with Gasteiger partial charge in [0, 0.05) is 28.9 Å². The quantitative estimate of drug-likeness (QED) is 0.869. The number of piperidine rings is 1.